The van der Waals surface area contributed by atoms with E-state index in [1.807, 2.05) is 48.5 Å². The molecule has 8 heteroatoms. The van der Waals surface area contributed by atoms with Crippen LogP contribution in [0.5, 0.6) is 5.75 Å². The molecule has 0 saturated carbocycles. The van der Waals surface area contributed by atoms with Crippen molar-refractivity contribution in [2.45, 2.75) is 0 Å². The molecule has 0 amide bonds. The number of ether oxygens (including phenoxy) is 1. The number of hydrogen-bond acceptors (Lipinski definition) is 8. The molecule has 1 saturated heterocycles. The zero-order chi connectivity index (χ0) is 23.9. The van der Waals surface area contributed by atoms with Crippen molar-refractivity contribution in [1.82, 2.24) is 5.16 Å². The summed E-state index contributed by atoms with van der Waals surface area (Å²) in [4.78, 5) is 18.1. The summed E-state index contributed by atoms with van der Waals surface area (Å²) in [6, 6.07) is 17.5. The van der Waals surface area contributed by atoms with E-state index in [-0.39, 0.29) is 12.4 Å². The number of hydrogen-bond donors (Lipinski definition) is 2. The summed E-state index contributed by atoms with van der Waals surface area (Å²) in [5.74, 6) is 1.42. The van der Waals surface area contributed by atoms with Gasteiger partial charge in [0.05, 0.1) is 36.0 Å². The number of anilines is 3. The zero-order valence-electron chi connectivity index (χ0n) is 19.5. The fourth-order valence-corrected chi connectivity index (χ4v) is 5.19. The van der Waals surface area contributed by atoms with Gasteiger partial charge in [-0.1, -0.05) is 41.6 Å². The summed E-state index contributed by atoms with van der Waals surface area (Å²) in [5, 5.41) is 17.9. The Kier molecular flexibility index (Phi) is 5.30. The molecule has 2 aliphatic rings. The lowest BCUT2D eigenvalue weighted by Gasteiger charge is -2.38. The molecule has 3 aromatic carbocycles. The van der Waals surface area contributed by atoms with Gasteiger partial charge in [0.25, 0.3) is 0 Å². The molecule has 1 aromatic heterocycles. The average Bonchev–Trinajstić information content (AvgIpc) is 3.36. The standard InChI is InChI=1S/C27H26N4O4/c1-34-22-9-5-4-8-20(22)30-11-13-31(14-12-30)21-16-19(28-10-15-32)23-24-25(21)29-35-27(24)18-7-3-2-6-17(18)26(23)33/h2-9,16,28,32H,10-15H2,1H3. The molecule has 0 atom stereocenters. The van der Waals surface area contributed by atoms with Crippen LogP contribution in [0.2, 0.25) is 0 Å². The molecule has 0 unspecified atom stereocenters. The number of ketones is 1. The number of piperazine rings is 1. The van der Waals surface area contributed by atoms with Crippen LogP contribution in [0.1, 0.15) is 15.9 Å². The highest BCUT2D eigenvalue weighted by Crippen LogP contribution is 2.46. The van der Waals surface area contributed by atoms with Crippen LogP contribution >= 0.6 is 0 Å². The SMILES string of the molecule is COc1ccccc1N1CCN(c2cc(NCCO)c3c4c(onc24)-c2ccccc2C3=O)CC1. The zero-order valence-corrected chi connectivity index (χ0v) is 19.5. The number of carbonyl (C=O) groups is 1. The second-order valence-corrected chi connectivity index (χ2v) is 8.72. The van der Waals surface area contributed by atoms with Crippen LogP contribution in [-0.2, 0) is 0 Å². The highest BCUT2D eigenvalue weighted by Gasteiger charge is 2.34. The second-order valence-electron chi connectivity index (χ2n) is 8.72. The van der Waals surface area contributed by atoms with Gasteiger partial charge in [-0.15, -0.1) is 0 Å². The number of carbonyl (C=O) groups excluding carboxylic acids is 1. The van der Waals surface area contributed by atoms with Crippen LogP contribution in [-0.4, -0.2) is 62.5 Å². The maximum Gasteiger partial charge on any atom is 0.196 e. The monoisotopic (exact) mass is 470 g/mol. The van der Waals surface area contributed by atoms with E-state index < -0.39 is 0 Å². The molecule has 0 radical (unpaired) electrons. The van der Waals surface area contributed by atoms with Crippen LogP contribution in [0.3, 0.4) is 0 Å². The van der Waals surface area contributed by atoms with Gasteiger partial charge in [-0.25, -0.2) is 0 Å². The molecule has 6 rings (SSSR count). The van der Waals surface area contributed by atoms with Gasteiger partial charge in [0.15, 0.2) is 11.5 Å². The number of benzene rings is 3. The predicted octanol–water partition coefficient (Wildman–Crippen LogP) is 3.78. The molecular weight excluding hydrogens is 444 g/mol. The Hall–Kier alpha value is -4.04. The van der Waals surface area contributed by atoms with Crippen molar-refractivity contribution in [2.24, 2.45) is 0 Å². The van der Waals surface area contributed by atoms with Crippen LogP contribution in [0.15, 0.2) is 59.1 Å². The summed E-state index contributed by atoms with van der Waals surface area (Å²) in [7, 11) is 1.69. The van der Waals surface area contributed by atoms with E-state index in [0.717, 1.165) is 54.3 Å². The third kappa shape index (κ3) is 3.40. The van der Waals surface area contributed by atoms with E-state index in [2.05, 4.69) is 26.3 Å². The summed E-state index contributed by atoms with van der Waals surface area (Å²) in [5.41, 5.74) is 5.31. The van der Waals surface area contributed by atoms with Crippen molar-refractivity contribution in [3.63, 3.8) is 0 Å². The number of para-hydroxylation sites is 2. The lowest BCUT2D eigenvalue weighted by molar-refractivity contribution is 0.104. The fourth-order valence-electron chi connectivity index (χ4n) is 5.19. The highest BCUT2D eigenvalue weighted by molar-refractivity contribution is 6.28. The number of methoxy groups -OCH3 is 1. The number of aliphatic hydroxyl groups excluding tert-OH is 1. The van der Waals surface area contributed by atoms with Crippen molar-refractivity contribution in [1.29, 1.82) is 0 Å². The Balaban J connectivity index is 1.41. The second kappa shape index (κ2) is 8.63. The first-order valence-electron chi connectivity index (χ1n) is 11.8. The van der Waals surface area contributed by atoms with Crippen LogP contribution in [0.25, 0.3) is 22.2 Å². The lowest BCUT2D eigenvalue weighted by atomic mass is 9.86. The number of aromatic nitrogens is 1. The van der Waals surface area contributed by atoms with Gasteiger partial charge in [0.1, 0.15) is 11.3 Å². The van der Waals surface area contributed by atoms with Crippen LogP contribution in [0.4, 0.5) is 17.1 Å². The number of nitrogens with zero attached hydrogens (tertiary/aromatic N) is 3. The van der Waals surface area contributed by atoms with E-state index in [1.165, 1.54) is 0 Å². The minimum absolute atomic E-state index is 0.0360. The Bertz CT molecular complexity index is 1420. The number of aliphatic hydroxyl groups is 1. The summed E-state index contributed by atoms with van der Waals surface area (Å²) in [6.45, 7) is 3.49. The molecular formula is C27H26N4O4. The first-order chi connectivity index (χ1) is 17.2. The van der Waals surface area contributed by atoms with Gasteiger partial charge >= 0.3 is 0 Å². The average molecular weight is 471 g/mol. The van der Waals surface area contributed by atoms with Gasteiger partial charge in [0.2, 0.25) is 0 Å². The van der Waals surface area contributed by atoms with E-state index in [9.17, 15) is 9.90 Å². The molecule has 2 heterocycles. The Morgan fingerprint density at radius 2 is 1.69 bits per heavy atom. The molecule has 4 aromatic rings. The first-order valence-corrected chi connectivity index (χ1v) is 11.8. The van der Waals surface area contributed by atoms with Crippen molar-refractivity contribution < 1.29 is 19.2 Å². The van der Waals surface area contributed by atoms with Gasteiger partial charge in [-0.2, -0.15) is 0 Å². The summed E-state index contributed by atoms with van der Waals surface area (Å²) < 4.78 is 11.4. The Morgan fingerprint density at radius 1 is 1.00 bits per heavy atom. The van der Waals surface area contributed by atoms with Gasteiger partial charge in [-0.3, -0.25) is 4.79 Å². The molecule has 0 bridgehead atoms. The van der Waals surface area contributed by atoms with E-state index in [4.69, 9.17) is 9.26 Å². The number of fused-ring (bicyclic) bond motifs is 2. The molecule has 2 N–H and O–H groups in total. The smallest absolute Gasteiger partial charge is 0.196 e. The third-order valence-corrected chi connectivity index (χ3v) is 6.85. The summed E-state index contributed by atoms with van der Waals surface area (Å²) in [6.07, 6.45) is 0. The van der Waals surface area contributed by atoms with Crippen molar-refractivity contribution in [2.75, 3.05) is 61.6 Å². The molecule has 8 nitrogen and oxygen atoms in total. The molecule has 178 valence electrons. The molecule has 1 fully saturated rings. The topological polar surface area (TPSA) is 91.1 Å². The van der Waals surface area contributed by atoms with Crippen LogP contribution < -0.4 is 19.9 Å². The minimum Gasteiger partial charge on any atom is -0.495 e. The number of rotatable bonds is 6. The largest absolute Gasteiger partial charge is 0.495 e. The highest BCUT2D eigenvalue weighted by atomic mass is 16.5. The van der Waals surface area contributed by atoms with Gasteiger partial charge in [-0.05, 0) is 18.2 Å². The van der Waals surface area contributed by atoms with Crippen molar-refractivity contribution in [3.05, 3.63) is 65.7 Å². The fraction of sp³-hybridized carbons (Fsp3) is 0.259. The van der Waals surface area contributed by atoms with Crippen molar-refractivity contribution in [3.8, 4) is 17.1 Å². The van der Waals surface area contributed by atoms with Gasteiger partial charge < -0.3 is 29.5 Å². The van der Waals surface area contributed by atoms with Crippen LogP contribution in [0, 0.1) is 0 Å². The number of nitrogens with one attached hydrogen (secondary N) is 1. The maximum absolute atomic E-state index is 13.5. The van der Waals surface area contributed by atoms with E-state index in [1.54, 1.807) is 7.11 Å². The van der Waals surface area contributed by atoms with E-state index >= 15 is 0 Å². The molecule has 35 heavy (non-hydrogen) atoms. The third-order valence-electron chi connectivity index (χ3n) is 6.85. The van der Waals surface area contributed by atoms with E-state index in [0.29, 0.717) is 34.6 Å². The normalized spacial score (nSPS) is 14.9. The van der Waals surface area contributed by atoms with Gasteiger partial charge in [0, 0.05) is 49.5 Å². The summed E-state index contributed by atoms with van der Waals surface area (Å²) >= 11 is 0. The minimum atomic E-state index is -0.0609. The maximum atomic E-state index is 13.5. The Labute approximate surface area is 202 Å². The quantitative estimate of drug-likeness (QED) is 0.388. The van der Waals surface area contributed by atoms with Crippen molar-refractivity contribution >= 4 is 33.7 Å². The first kappa shape index (κ1) is 21.5. The molecule has 0 spiro atoms. The predicted molar refractivity (Wildman–Crippen MR) is 136 cm³/mol. The molecule has 1 aliphatic heterocycles. The Morgan fingerprint density at radius 3 is 2.43 bits per heavy atom. The molecule has 1 aliphatic carbocycles. The lowest BCUT2D eigenvalue weighted by Crippen LogP contribution is -2.46.